The Morgan fingerprint density at radius 2 is 1.90 bits per heavy atom. The smallest absolute Gasteiger partial charge is 0.416 e. The van der Waals surface area contributed by atoms with Crippen molar-refractivity contribution in [3.05, 3.63) is 76.7 Å². The number of carbonyl (C=O) groups excluding carboxylic acids is 1. The highest BCUT2D eigenvalue weighted by Crippen LogP contribution is 2.30. The number of allylic oxidation sites excluding steroid dienone is 1. The Hall–Kier alpha value is -3.13. The van der Waals surface area contributed by atoms with Crippen molar-refractivity contribution >= 4 is 17.4 Å². The van der Waals surface area contributed by atoms with Crippen molar-refractivity contribution in [2.45, 2.75) is 26.1 Å². The monoisotopic (exact) mass is 436 g/mol. The molecule has 0 amide bonds. The minimum Gasteiger partial charge on any atom is -0.484 e. The maximum atomic E-state index is 12.6. The largest absolute Gasteiger partial charge is 0.484 e. The number of alkyl halides is 3. The molecule has 0 bridgehead atoms. The van der Waals surface area contributed by atoms with Crippen LogP contribution >= 0.6 is 11.6 Å². The van der Waals surface area contributed by atoms with Gasteiger partial charge in [0.15, 0.2) is 12.4 Å². The molecule has 0 aliphatic carbocycles. The molecule has 0 saturated carbocycles. The Bertz CT molecular complexity index is 1080. The van der Waals surface area contributed by atoms with E-state index in [2.05, 4.69) is 16.7 Å². The molecule has 0 fully saturated rings. The first kappa shape index (κ1) is 21.6. The van der Waals surface area contributed by atoms with Crippen LogP contribution in [0.15, 0.2) is 59.1 Å². The van der Waals surface area contributed by atoms with Crippen LogP contribution in [0.5, 0.6) is 5.75 Å². The van der Waals surface area contributed by atoms with Crippen LogP contribution in [0.4, 0.5) is 13.2 Å². The summed E-state index contributed by atoms with van der Waals surface area (Å²) < 4.78 is 48.5. The van der Waals surface area contributed by atoms with Crippen molar-refractivity contribution in [1.29, 1.82) is 0 Å². The van der Waals surface area contributed by atoms with E-state index in [0.717, 1.165) is 12.1 Å². The Kier molecular flexibility index (Phi) is 6.26. The average molecular weight is 437 g/mol. The molecule has 0 aliphatic rings. The van der Waals surface area contributed by atoms with Crippen LogP contribution in [0.25, 0.3) is 11.4 Å². The van der Waals surface area contributed by atoms with Crippen molar-refractivity contribution in [3.8, 4) is 17.1 Å². The van der Waals surface area contributed by atoms with Gasteiger partial charge >= 0.3 is 6.18 Å². The molecule has 0 aliphatic heterocycles. The van der Waals surface area contributed by atoms with Crippen molar-refractivity contribution in [1.82, 2.24) is 10.1 Å². The van der Waals surface area contributed by atoms with Gasteiger partial charge in [-0.1, -0.05) is 42.4 Å². The summed E-state index contributed by atoms with van der Waals surface area (Å²) in [7, 11) is 0. The van der Waals surface area contributed by atoms with Crippen molar-refractivity contribution < 1.29 is 27.2 Å². The number of ether oxygens (including phenoxy) is 1. The minimum absolute atomic E-state index is 0.0844. The summed E-state index contributed by atoms with van der Waals surface area (Å²) in [6.45, 7) is 5.45. The highest BCUT2D eigenvalue weighted by Gasteiger charge is 2.30. The highest BCUT2D eigenvalue weighted by atomic mass is 35.5. The van der Waals surface area contributed by atoms with E-state index in [1.54, 1.807) is 12.1 Å². The molecule has 0 saturated heterocycles. The maximum absolute atomic E-state index is 12.6. The molecule has 0 radical (unpaired) electrons. The number of halogens is 4. The number of aromatic nitrogens is 2. The minimum atomic E-state index is -4.42. The van der Waals surface area contributed by atoms with E-state index in [9.17, 15) is 18.0 Å². The fraction of sp³-hybridized carbons (Fsp3) is 0.190. The second-order valence-corrected chi connectivity index (χ2v) is 6.71. The Morgan fingerprint density at radius 1 is 1.20 bits per heavy atom. The molecule has 156 valence electrons. The zero-order valence-electron chi connectivity index (χ0n) is 15.8. The number of carbonyl (C=O) groups is 1. The van der Waals surface area contributed by atoms with Crippen molar-refractivity contribution in [2.75, 3.05) is 0 Å². The maximum Gasteiger partial charge on any atom is 0.416 e. The summed E-state index contributed by atoms with van der Waals surface area (Å²) in [6, 6.07) is 9.03. The molecular weight excluding hydrogens is 421 g/mol. The van der Waals surface area contributed by atoms with Crippen LogP contribution in [0.2, 0.25) is 5.02 Å². The summed E-state index contributed by atoms with van der Waals surface area (Å²) in [5, 5.41) is 3.97. The number of hydrogen-bond acceptors (Lipinski definition) is 5. The van der Waals surface area contributed by atoms with Gasteiger partial charge in [-0.15, -0.1) is 0 Å². The molecule has 3 aromatic rings. The molecule has 0 spiro atoms. The molecule has 30 heavy (non-hydrogen) atoms. The Balaban J connectivity index is 1.66. The molecule has 5 nitrogen and oxygen atoms in total. The topological polar surface area (TPSA) is 65.2 Å². The second kappa shape index (κ2) is 8.71. The van der Waals surface area contributed by atoms with Crippen LogP contribution < -0.4 is 4.74 Å². The zero-order valence-corrected chi connectivity index (χ0v) is 16.5. The van der Waals surface area contributed by atoms with Gasteiger partial charge in [0.1, 0.15) is 5.75 Å². The van der Waals surface area contributed by atoms with E-state index < -0.39 is 11.7 Å². The first-order chi connectivity index (χ1) is 14.2. The molecule has 9 heteroatoms. The number of ketones is 1. The van der Waals surface area contributed by atoms with Crippen LogP contribution in [-0.4, -0.2) is 15.9 Å². The zero-order chi connectivity index (χ0) is 21.9. The quantitative estimate of drug-likeness (QED) is 0.329. The molecule has 1 heterocycles. The van der Waals surface area contributed by atoms with E-state index >= 15 is 0 Å². The van der Waals surface area contributed by atoms with Crippen LogP contribution in [0.3, 0.4) is 0 Å². The highest BCUT2D eigenvalue weighted by molar-refractivity contribution is 6.35. The van der Waals surface area contributed by atoms with Crippen molar-refractivity contribution in [2.24, 2.45) is 0 Å². The number of hydrogen-bond donors (Lipinski definition) is 0. The summed E-state index contributed by atoms with van der Waals surface area (Å²) in [4.78, 5) is 16.3. The molecule has 0 unspecified atom stereocenters. The number of rotatable bonds is 7. The number of benzene rings is 2. The molecule has 0 N–H and O–H groups in total. The van der Waals surface area contributed by atoms with E-state index in [1.807, 2.05) is 6.92 Å². The van der Waals surface area contributed by atoms with Crippen molar-refractivity contribution in [3.63, 3.8) is 0 Å². The lowest BCUT2D eigenvalue weighted by Crippen LogP contribution is -2.04. The van der Waals surface area contributed by atoms with E-state index in [4.69, 9.17) is 20.9 Å². The number of nitrogens with zero attached hydrogens (tertiary/aromatic N) is 2. The molecule has 0 atom stereocenters. The molecular formula is C21H16ClF3N2O3. The van der Waals surface area contributed by atoms with Gasteiger partial charge in [0, 0.05) is 11.1 Å². The summed E-state index contributed by atoms with van der Waals surface area (Å²) in [6.07, 6.45) is -3.90. The van der Waals surface area contributed by atoms with Gasteiger partial charge in [0.2, 0.25) is 5.82 Å². The van der Waals surface area contributed by atoms with E-state index in [-0.39, 0.29) is 29.1 Å². The van der Waals surface area contributed by atoms with Gasteiger partial charge < -0.3 is 9.26 Å². The van der Waals surface area contributed by atoms with Gasteiger partial charge in [-0.2, -0.15) is 18.2 Å². The first-order valence-electron chi connectivity index (χ1n) is 8.84. The summed E-state index contributed by atoms with van der Waals surface area (Å²) >= 11 is 6.16. The lowest BCUT2D eigenvalue weighted by molar-refractivity contribution is -0.137. The predicted molar refractivity (Wildman–Crippen MR) is 104 cm³/mol. The summed E-state index contributed by atoms with van der Waals surface area (Å²) in [5.41, 5.74) is 0.394. The third kappa shape index (κ3) is 4.88. The molecule has 1 aromatic heterocycles. The second-order valence-electron chi connectivity index (χ2n) is 6.30. The fourth-order valence-corrected chi connectivity index (χ4v) is 2.76. The van der Waals surface area contributed by atoms with Gasteiger partial charge in [0.05, 0.1) is 10.6 Å². The Labute approximate surface area is 175 Å². The van der Waals surface area contributed by atoms with E-state index in [0.29, 0.717) is 28.9 Å². The number of Topliss-reactive ketones (excluding diaryl/α,β-unsaturated/α-hetero) is 1. The lowest BCUT2D eigenvalue weighted by Gasteiger charge is -2.08. The van der Waals surface area contributed by atoms with Crippen LogP contribution in [-0.2, 0) is 12.8 Å². The fourth-order valence-electron chi connectivity index (χ4n) is 2.50. The average Bonchev–Trinajstić information content (AvgIpc) is 3.20. The summed E-state index contributed by atoms with van der Waals surface area (Å²) in [5.74, 6) is 0.417. The first-order valence-corrected chi connectivity index (χ1v) is 9.22. The normalized spacial score (nSPS) is 11.4. The Morgan fingerprint density at radius 3 is 2.50 bits per heavy atom. The molecule has 3 rings (SSSR count). The van der Waals surface area contributed by atoms with Gasteiger partial charge in [-0.05, 0) is 42.3 Å². The van der Waals surface area contributed by atoms with Crippen LogP contribution in [0, 0.1) is 0 Å². The van der Waals surface area contributed by atoms with Gasteiger partial charge in [-0.25, -0.2) is 0 Å². The van der Waals surface area contributed by atoms with Gasteiger partial charge in [-0.3, -0.25) is 4.79 Å². The van der Waals surface area contributed by atoms with Crippen LogP contribution in [0.1, 0.15) is 35.2 Å². The third-order valence-electron chi connectivity index (χ3n) is 4.23. The van der Waals surface area contributed by atoms with E-state index in [1.165, 1.54) is 18.2 Å². The predicted octanol–water partition coefficient (Wildman–Crippen LogP) is 6.14. The van der Waals surface area contributed by atoms with Gasteiger partial charge in [0.25, 0.3) is 5.89 Å². The standard InChI is InChI=1S/C21H16ClF3N2O3/c1-3-12(2)19(28)16-9-8-15(10-17(16)22)29-11-18-26-20(27-30-18)13-4-6-14(7-5-13)21(23,24)25/h4-10H,2-3,11H2,1H3. The SMILES string of the molecule is C=C(CC)C(=O)c1ccc(OCc2nc(-c3ccc(C(F)(F)F)cc3)no2)cc1Cl. The third-order valence-corrected chi connectivity index (χ3v) is 4.55. The molecule has 2 aromatic carbocycles. The lowest BCUT2D eigenvalue weighted by atomic mass is 10.0.